The Bertz CT molecular complexity index is 525. The molecule has 130 valence electrons. The van der Waals surface area contributed by atoms with Crippen LogP contribution in [0.5, 0.6) is 0 Å². The summed E-state index contributed by atoms with van der Waals surface area (Å²) >= 11 is 6.05. The summed E-state index contributed by atoms with van der Waals surface area (Å²) in [6, 6.07) is 2.00. The van der Waals surface area contributed by atoms with Crippen molar-refractivity contribution in [2.45, 2.75) is 26.3 Å². The molecule has 1 aromatic rings. The van der Waals surface area contributed by atoms with Gasteiger partial charge in [-0.25, -0.2) is 0 Å². The second kappa shape index (κ2) is 8.60. The fourth-order valence-electron chi connectivity index (χ4n) is 3.24. The van der Waals surface area contributed by atoms with E-state index in [-0.39, 0.29) is 0 Å². The monoisotopic (exact) mass is 339 g/mol. The smallest absolute Gasteiger partial charge is 0.193 e. The molecule has 1 atom stereocenters. The highest BCUT2D eigenvalue weighted by Crippen LogP contribution is 2.15. The number of nitrogens with zero attached hydrogens (tertiary/aromatic N) is 4. The predicted molar refractivity (Wildman–Crippen MR) is 98.1 cm³/mol. The van der Waals surface area contributed by atoms with E-state index in [1.54, 1.807) is 0 Å². The lowest BCUT2D eigenvalue weighted by Gasteiger charge is -2.31. The summed E-state index contributed by atoms with van der Waals surface area (Å²) in [6.07, 6.45) is 4.62. The molecule has 2 rings (SSSR count). The molecule has 1 aliphatic rings. The Kier molecular flexibility index (Phi) is 6.78. The van der Waals surface area contributed by atoms with Crippen molar-refractivity contribution in [1.82, 2.24) is 19.7 Å². The minimum atomic E-state index is 0.776. The zero-order chi connectivity index (χ0) is 16.8. The van der Waals surface area contributed by atoms with Crippen molar-refractivity contribution < 1.29 is 0 Å². The van der Waals surface area contributed by atoms with Crippen LogP contribution in [0, 0.1) is 5.92 Å². The SMILES string of the molecule is CN=C(NCCN1CCCC(C)C1)N(C)Cc1cc(Cl)cn1C. The molecular formula is C17H30ClN5. The third-order valence-electron chi connectivity index (χ3n) is 4.50. The molecule has 6 heteroatoms. The summed E-state index contributed by atoms with van der Waals surface area (Å²) in [6.45, 7) is 7.58. The molecule has 0 saturated carbocycles. The molecule has 1 saturated heterocycles. The molecular weight excluding hydrogens is 310 g/mol. The molecule has 2 heterocycles. The van der Waals surface area contributed by atoms with Gasteiger partial charge in [-0.3, -0.25) is 4.99 Å². The number of halogens is 1. The summed E-state index contributed by atoms with van der Waals surface area (Å²) < 4.78 is 2.06. The van der Waals surface area contributed by atoms with Crippen LogP contribution in [0.1, 0.15) is 25.5 Å². The summed E-state index contributed by atoms with van der Waals surface area (Å²) in [5.41, 5.74) is 1.17. The van der Waals surface area contributed by atoms with Crippen LogP contribution in [0.15, 0.2) is 17.3 Å². The van der Waals surface area contributed by atoms with Crippen LogP contribution in [-0.2, 0) is 13.6 Å². The van der Waals surface area contributed by atoms with Gasteiger partial charge in [-0.15, -0.1) is 0 Å². The summed E-state index contributed by atoms with van der Waals surface area (Å²) in [4.78, 5) is 9.07. The van der Waals surface area contributed by atoms with Crippen LogP contribution in [0.4, 0.5) is 0 Å². The molecule has 1 N–H and O–H groups in total. The van der Waals surface area contributed by atoms with Crippen molar-refractivity contribution in [3.8, 4) is 0 Å². The van der Waals surface area contributed by atoms with Gasteiger partial charge in [0, 0.05) is 52.7 Å². The number of hydrogen-bond acceptors (Lipinski definition) is 2. The number of aromatic nitrogens is 1. The normalized spacial score (nSPS) is 19.9. The fourth-order valence-corrected chi connectivity index (χ4v) is 3.51. The molecule has 0 bridgehead atoms. The zero-order valence-electron chi connectivity index (χ0n) is 14.8. The molecule has 0 radical (unpaired) electrons. The van der Waals surface area contributed by atoms with E-state index in [4.69, 9.17) is 11.6 Å². The average Bonchev–Trinajstić information content (AvgIpc) is 2.81. The van der Waals surface area contributed by atoms with Gasteiger partial charge in [-0.05, 0) is 31.4 Å². The van der Waals surface area contributed by atoms with E-state index in [1.807, 2.05) is 26.4 Å². The molecule has 1 unspecified atom stereocenters. The number of aryl methyl sites for hydroxylation is 1. The van der Waals surface area contributed by atoms with Crippen LogP contribution in [-0.4, -0.2) is 60.6 Å². The molecule has 1 aliphatic heterocycles. The first-order valence-corrected chi connectivity index (χ1v) is 8.82. The molecule has 23 heavy (non-hydrogen) atoms. The fraction of sp³-hybridized carbons (Fsp3) is 0.706. The van der Waals surface area contributed by atoms with Crippen molar-refractivity contribution >= 4 is 17.6 Å². The third kappa shape index (κ3) is 5.43. The molecule has 1 aromatic heterocycles. The molecule has 0 aliphatic carbocycles. The average molecular weight is 340 g/mol. The van der Waals surface area contributed by atoms with Gasteiger partial charge in [0.1, 0.15) is 0 Å². The number of piperidine rings is 1. The quantitative estimate of drug-likeness (QED) is 0.661. The highest BCUT2D eigenvalue weighted by atomic mass is 35.5. The molecule has 1 fully saturated rings. The van der Waals surface area contributed by atoms with E-state index in [2.05, 4.69) is 38.6 Å². The van der Waals surface area contributed by atoms with E-state index < -0.39 is 0 Å². The number of hydrogen-bond donors (Lipinski definition) is 1. The van der Waals surface area contributed by atoms with Gasteiger partial charge in [0.15, 0.2) is 5.96 Å². The predicted octanol–water partition coefficient (Wildman–Crippen LogP) is 2.42. The van der Waals surface area contributed by atoms with Crippen LogP contribution in [0.25, 0.3) is 0 Å². The lowest BCUT2D eigenvalue weighted by atomic mass is 10.0. The van der Waals surface area contributed by atoms with Gasteiger partial charge in [0.25, 0.3) is 0 Å². The van der Waals surface area contributed by atoms with Gasteiger partial charge in [-0.1, -0.05) is 18.5 Å². The largest absolute Gasteiger partial charge is 0.355 e. The Morgan fingerprint density at radius 2 is 2.30 bits per heavy atom. The maximum Gasteiger partial charge on any atom is 0.193 e. The van der Waals surface area contributed by atoms with E-state index >= 15 is 0 Å². The summed E-state index contributed by atoms with van der Waals surface area (Å²) in [7, 11) is 5.90. The Morgan fingerprint density at radius 3 is 2.91 bits per heavy atom. The second-order valence-electron chi connectivity index (χ2n) is 6.64. The van der Waals surface area contributed by atoms with Crippen molar-refractivity contribution in [2.24, 2.45) is 18.0 Å². The number of nitrogens with one attached hydrogen (secondary N) is 1. The van der Waals surface area contributed by atoms with Gasteiger partial charge in [0.05, 0.1) is 11.6 Å². The first kappa shape index (κ1) is 18.1. The maximum atomic E-state index is 6.05. The molecule has 5 nitrogen and oxygen atoms in total. The van der Waals surface area contributed by atoms with E-state index in [1.165, 1.54) is 31.6 Å². The van der Waals surface area contributed by atoms with Crippen LogP contribution in [0.3, 0.4) is 0 Å². The number of likely N-dealkylation sites (tertiary alicyclic amines) is 1. The van der Waals surface area contributed by atoms with Crippen LogP contribution in [0.2, 0.25) is 5.02 Å². The minimum absolute atomic E-state index is 0.776. The van der Waals surface area contributed by atoms with Crippen LogP contribution < -0.4 is 5.32 Å². The molecule has 0 aromatic carbocycles. The zero-order valence-corrected chi connectivity index (χ0v) is 15.6. The Balaban J connectivity index is 1.79. The summed E-state index contributed by atoms with van der Waals surface area (Å²) in [5, 5.41) is 4.25. The Hall–Kier alpha value is -1.20. The van der Waals surface area contributed by atoms with Crippen molar-refractivity contribution in [2.75, 3.05) is 40.3 Å². The third-order valence-corrected chi connectivity index (χ3v) is 4.71. The number of aliphatic imine (C=N–C) groups is 1. The van der Waals surface area contributed by atoms with Crippen molar-refractivity contribution in [1.29, 1.82) is 0 Å². The van der Waals surface area contributed by atoms with Gasteiger partial charge in [-0.2, -0.15) is 0 Å². The lowest BCUT2D eigenvalue weighted by molar-refractivity contribution is 0.186. The Labute approximate surface area is 145 Å². The minimum Gasteiger partial charge on any atom is -0.355 e. The standard InChI is InChI=1S/C17H30ClN5/c1-14-6-5-8-23(11-14)9-7-20-17(19-2)22(4)13-16-10-15(18)12-21(16)3/h10,12,14H,5-9,11,13H2,1-4H3,(H,19,20). The highest BCUT2D eigenvalue weighted by molar-refractivity contribution is 6.30. The first-order chi connectivity index (χ1) is 11.0. The highest BCUT2D eigenvalue weighted by Gasteiger charge is 2.16. The van der Waals surface area contributed by atoms with E-state index in [9.17, 15) is 0 Å². The van der Waals surface area contributed by atoms with Crippen molar-refractivity contribution in [3.63, 3.8) is 0 Å². The summed E-state index contributed by atoms with van der Waals surface area (Å²) in [5.74, 6) is 1.75. The molecule has 0 spiro atoms. The molecule has 0 amide bonds. The van der Waals surface area contributed by atoms with Crippen LogP contribution >= 0.6 is 11.6 Å². The van der Waals surface area contributed by atoms with E-state index in [0.29, 0.717) is 0 Å². The van der Waals surface area contributed by atoms with E-state index in [0.717, 1.165) is 36.5 Å². The number of guanidine groups is 1. The van der Waals surface area contributed by atoms with Gasteiger partial charge >= 0.3 is 0 Å². The topological polar surface area (TPSA) is 35.8 Å². The number of rotatable bonds is 5. The maximum absolute atomic E-state index is 6.05. The van der Waals surface area contributed by atoms with Gasteiger partial charge in [0.2, 0.25) is 0 Å². The second-order valence-corrected chi connectivity index (χ2v) is 7.08. The Morgan fingerprint density at radius 1 is 1.52 bits per heavy atom. The first-order valence-electron chi connectivity index (χ1n) is 8.44. The lowest BCUT2D eigenvalue weighted by Crippen LogP contribution is -2.44. The van der Waals surface area contributed by atoms with Crippen molar-refractivity contribution in [3.05, 3.63) is 23.0 Å². The van der Waals surface area contributed by atoms with Gasteiger partial charge < -0.3 is 19.7 Å².